The highest BCUT2D eigenvalue weighted by molar-refractivity contribution is 5.86. The fraction of sp³-hybridized carbons (Fsp3) is 0.211. The molecule has 0 atom stereocenters. The molecule has 0 aliphatic carbocycles. The second kappa shape index (κ2) is 8.80. The van der Waals surface area contributed by atoms with Crippen LogP contribution in [-0.4, -0.2) is 23.9 Å². The second-order valence-electron chi connectivity index (χ2n) is 5.18. The van der Waals surface area contributed by atoms with Gasteiger partial charge in [-0.1, -0.05) is 67.2 Å². The highest BCUT2D eigenvalue weighted by Crippen LogP contribution is 2.09. The van der Waals surface area contributed by atoms with Crippen molar-refractivity contribution in [1.29, 1.82) is 0 Å². The van der Waals surface area contributed by atoms with Crippen LogP contribution in [0, 0.1) is 0 Å². The Bertz CT molecular complexity index is 539. The molecule has 2 aromatic rings. The number of hydrogen-bond donors (Lipinski definition) is 1. The molecule has 0 aliphatic rings. The van der Waals surface area contributed by atoms with Gasteiger partial charge in [-0.05, 0) is 17.2 Å². The largest absolute Gasteiger partial charge is 0.351 e. The van der Waals surface area contributed by atoms with Gasteiger partial charge in [-0.25, -0.2) is 0 Å². The summed E-state index contributed by atoms with van der Waals surface area (Å²) in [5.74, 6) is -0.126. The normalized spacial score (nSPS) is 10.4. The zero-order valence-electron chi connectivity index (χ0n) is 12.7. The highest BCUT2D eigenvalue weighted by atomic mass is 16.1. The molecule has 1 N–H and O–H groups in total. The lowest BCUT2D eigenvalue weighted by molar-refractivity contribution is -0.116. The van der Waals surface area contributed by atoms with Crippen molar-refractivity contribution in [2.24, 2.45) is 0 Å². The highest BCUT2D eigenvalue weighted by Gasteiger charge is 2.07. The van der Waals surface area contributed by atoms with Gasteiger partial charge in [-0.15, -0.1) is 0 Å². The first-order chi connectivity index (χ1) is 10.8. The molecule has 0 fully saturated rings. The number of nitrogens with one attached hydrogen (secondary N) is 1. The maximum absolute atomic E-state index is 11.3. The molecule has 0 spiro atoms. The summed E-state index contributed by atoms with van der Waals surface area (Å²) in [6.07, 6.45) is 1.30. The Hall–Kier alpha value is -2.39. The third kappa shape index (κ3) is 5.54. The standard InChI is InChI=1S/C19H22N2O/c1-2-19(22)20-13-14-21(15-17-9-5-3-6-10-17)16-18-11-7-4-8-12-18/h2-12H,1,13-16H2,(H,20,22). The van der Waals surface area contributed by atoms with Crippen LogP contribution in [0.4, 0.5) is 0 Å². The van der Waals surface area contributed by atoms with Crippen molar-refractivity contribution in [2.75, 3.05) is 13.1 Å². The van der Waals surface area contributed by atoms with Crippen LogP contribution in [0.2, 0.25) is 0 Å². The van der Waals surface area contributed by atoms with Gasteiger partial charge in [0.25, 0.3) is 0 Å². The molecule has 3 heteroatoms. The second-order valence-corrected chi connectivity index (χ2v) is 5.18. The van der Waals surface area contributed by atoms with Crippen molar-refractivity contribution in [2.45, 2.75) is 13.1 Å². The Morgan fingerprint density at radius 2 is 1.45 bits per heavy atom. The lowest BCUT2D eigenvalue weighted by atomic mass is 10.1. The molecule has 0 aliphatic heterocycles. The number of nitrogens with zero attached hydrogens (tertiary/aromatic N) is 1. The van der Waals surface area contributed by atoms with Crippen LogP contribution >= 0.6 is 0 Å². The number of benzene rings is 2. The molecule has 22 heavy (non-hydrogen) atoms. The van der Waals surface area contributed by atoms with Crippen molar-refractivity contribution in [3.8, 4) is 0 Å². The summed E-state index contributed by atoms with van der Waals surface area (Å²) < 4.78 is 0. The van der Waals surface area contributed by atoms with Crippen LogP contribution in [0.15, 0.2) is 73.3 Å². The lowest BCUT2D eigenvalue weighted by Gasteiger charge is -2.22. The fourth-order valence-corrected chi connectivity index (χ4v) is 2.31. The van der Waals surface area contributed by atoms with Gasteiger partial charge < -0.3 is 5.32 Å². The number of rotatable bonds is 8. The van der Waals surface area contributed by atoms with Gasteiger partial charge in [-0.2, -0.15) is 0 Å². The SMILES string of the molecule is C=CC(=O)NCCN(Cc1ccccc1)Cc1ccccc1. The zero-order chi connectivity index (χ0) is 15.6. The molecule has 0 saturated carbocycles. The van der Waals surface area contributed by atoms with Gasteiger partial charge in [-0.3, -0.25) is 9.69 Å². The molecule has 0 unspecified atom stereocenters. The first-order valence-electron chi connectivity index (χ1n) is 7.48. The van der Waals surface area contributed by atoms with E-state index < -0.39 is 0 Å². The van der Waals surface area contributed by atoms with Gasteiger partial charge in [0.1, 0.15) is 0 Å². The predicted octanol–water partition coefficient (Wildman–Crippen LogP) is 2.99. The molecule has 2 rings (SSSR count). The van der Waals surface area contributed by atoms with Crippen LogP contribution in [0.25, 0.3) is 0 Å². The van der Waals surface area contributed by atoms with E-state index in [4.69, 9.17) is 0 Å². The molecule has 0 bridgehead atoms. The first-order valence-corrected chi connectivity index (χ1v) is 7.48. The molecule has 1 amide bonds. The van der Waals surface area contributed by atoms with Crippen LogP contribution in [0.3, 0.4) is 0 Å². The summed E-state index contributed by atoms with van der Waals surface area (Å²) in [4.78, 5) is 13.6. The summed E-state index contributed by atoms with van der Waals surface area (Å²) in [5, 5.41) is 2.84. The lowest BCUT2D eigenvalue weighted by Crippen LogP contribution is -2.33. The van der Waals surface area contributed by atoms with Crippen LogP contribution < -0.4 is 5.32 Å². The van der Waals surface area contributed by atoms with Gasteiger partial charge in [0.15, 0.2) is 0 Å². The molecule has 0 saturated heterocycles. The minimum Gasteiger partial charge on any atom is -0.351 e. The summed E-state index contributed by atoms with van der Waals surface area (Å²) in [6.45, 7) is 6.60. The Labute approximate surface area is 132 Å². The van der Waals surface area contributed by atoms with E-state index in [1.54, 1.807) is 0 Å². The molecule has 0 radical (unpaired) electrons. The Morgan fingerprint density at radius 3 is 1.91 bits per heavy atom. The first kappa shape index (κ1) is 16.0. The molecule has 2 aromatic carbocycles. The summed E-state index contributed by atoms with van der Waals surface area (Å²) >= 11 is 0. The van der Waals surface area contributed by atoms with E-state index in [0.29, 0.717) is 6.54 Å². The van der Waals surface area contributed by atoms with E-state index >= 15 is 0 Å². The summed E-state index contributed by atoms with van der Waals surface area (Å²) in [7, 11) is 0. The van der Waals surface area contributed by atoms with E-state index in [0.717, 1.165) is 19.6 Å². The minimum atomic E-state index is -0.126. The molecular weight excluding hydrogens is 272 g/mol. The van der Waals surface area contributed by atoms with E-state index in [2.05, 4.69) is 65.3 Å². The van der Waals surface area contributed by atoms with E-state index in [9.17, 15) is 4.79 Å². The predicted molar refractivity (Wildman–Crippen MR) is 90.2 cm³/mol. The quantitative estimate of drug-likeness (QED) is 0.759. The van der Waals surface area contributed by atoms with Crippen molar-refractivity contribution in [1.82, 2.24) is 10.2 Å². The topological polar surface area (TPSA) is 32.3 Å². The third-order valence-electron chi connectivity index (χ3n) is 3.41. The fourth-order valence-electron chi connectivity index (χ4n) is 2.31. The maximum atomic E-state index is 11.3. The molecule has 0 heterocycles. The third-order valence-corrected chi connectivity index (χ3v) is 3.41. The van der Waals surface area contributed by atoms with E-state index in [1.165, 1.54) is 17.2 Å². The van der Waals surface area contributed by atoms with E-state index in [-0.39, 0.29) is 5.91 Å². The molecular formula is C19H22N2O. The molecule has 114 valence electrons. The smallest absolute Gasteiger partial charge is 0.243 e. The minimum absolute atomic E-state index is 0.126. The van der Waals surface area contributed by atoms with Gasteiger partial charge >= 0.3 is 0 Å². The van der Waals surface area contributed by atoms with Crippen LogP contribution in [0.1, 0.15) is 11.1 Å². The Morgan fingerprint density at radius 1 is 0.955 bits per heavy atom. The molecule has 3 nitrogen and oxygen atoms in total. The molecule has 0 aromatic heterocycles. The average molecular weight is 294 g/mol. The number of carbonyl (C=O) groups is 1. The Kier molecular flexibility index (Phi) is 6.39. The van der Waals surface area contributed by atoms with Gasteiger partial charge in [0.05, 0.1) is 0 Å². The monoisotopic (exact) mass is 294 g/mol. The van der Waals surface area contributed by atoms with Crippen molar-refractivity contribution in [3.63, 3.8) is 0 Å². The van der Waals surface area contributed by atoms with Crippen LogP contribution in [-0.2, 0) is 17.9 Å². The van der Waals surface area contributed by atoms with Crippen molar-refractivity contribution >= 4 is 5.91 Å². The van der Waals surface area contributed by atoms with Crippen molar-refractivity contribution in [3.05, 3.63) is 84.4 Å². The van der Waals surface area contributed by atoms with Gasteiger partial charge in [0, 0.05) is 26.2 Å². The van der Waals surface area contributed by atoms with Crippen molar-refractivity contribution < 1.29 is 4.79 Å². The van der Waals surface area contributed by atoms with E-state index in [1.807, 2.05) is 12.1 Å². The average Bonchev–Trinajstić information content (AvgIpc) is 2.56. The summed E-state index contributed by atoms with van der Waals surface area (Å²) in [6, 6.07) is 20.8. The maximum Gasteiger partial charge on any atom is 0.243 e. The van der Waals surface area contributed by atoms with Gasteiger partial charge in [0.2, 0.25) is 5.91 Å². The number of carbonyl (C=O) groups excluding carboxylic acids is 1. The number of hydrogen-bond acceptors (Lipinski definition) is 2. The Balaban J connectivity index is 1.96. The summed E-state index contributed by atoms with van der Waals surface area (Å²) in [5.41, 5.74) is 2.54. The number of amides is 1. The van der Waals surface area contributed by atoms with Crippen LogP contribution in [0.5, 0.6) is 0 Å². The zero-order valence-corrected chi connectivity index (χ0v) is 12.7.